The molecule has 196 valence electrons. The Morgan fingerprint density at radius 2 is 1.69 bits per heavy atom. The van der Waals surface area contributed by atoms with E-state index in [0.29, 0.717) is 17.4 Å². The maximum Gasteiger partial charge on any atom is 0.258 e. The summed E-state index contributed by atoms with van der Waals surface area (Å²) in [6, 6.07) is 28.1. The maximum atomic E-state index is 13.9. The molecule has 0 saturated carbocycles. The molecule has 1 heterocycles. The van der Waals surface area contributed by atoms with Crippen molar-refractivity contribution in [2.75, 3.05) is 17.2 Å². The van der Waals surface area contributed by atoms with Crippen molar-refractivity contribution in [2.24, 2.45) is 0 Å². The lowest BCUT2D eigenvalue weighted by Crippen LogP contribution is -2.18. The molecule has 0 aliphatic rings. The van der Waals surface area contributed by atoms with Crippen LogP contribution in [-0.4, -0.2) is 23.4 Å². The van der Waals surface area contributed by atoms with Gasteiger partial charge in [-0.2, -0.15) is 0 Å². The van der Waals surface area contributed by atoms with Crippen molar-refractivity contribution in [3.05, 3.63) is 114 Å². The molecule has 0 spiro atoms. The predicted molar refractivity (Wildman–Crippen MR) is 155 cm³/mol. The molecule has 0 radical (unpaired) electrons. The van der Waals surface area contributed by atoms with E-state index in [1.54, 1.807) is 18.2 Å². The largest absolute Gasteiger partial charge is 0.494 e. The summed E-state index contributed by atoms with van der Waals surface area (Å²) in [6.07, 6.45) is 0. The van der Waals surface area contributed by atoms with Gasteiger partial charge in [0, 0.05) is 10.6 Å². The lowest BCUT2D eigenvalue weighted by atomic mass is 10.1. The summed E-state index contributed by atoms with van der Waals surface area (Å²) in [5.41, 5.74) is 2.13. The third kappa shape index (κ3) is 6.45. The van der Waals surface area contributed by atoms with E-state index in [-0.39, 0.29) is 11.5 Å². The van der Waals surface area contributed by atoms with Gasteiger partial charge in [-0.15, -0.1) is 11.8 Å². The number of thiazole rings is 1. The van der Waals surface area contributed by atoms with Gasteiger partial charge in [0.1, 0.15) is 16.8 Å². The van der Waals surface area contributed by atoms with Gasteiger partial charge < -0.3 is 15.4 Å². The van der Waals surface area contributed by atoms with Gasteiger partial charge in [-0.1, -0.05) is 53.8 Å². The first kappa shape index (κ1) is 26.4. The molecule has 6 nitrogen and oxygen atoms in total. The highest BCUT2D eigenvalue weighted by Crippen LogP contribution is 2.38. The van der Waals surface area contributed by atoms with Crippen molar-refractivity contribution in [3.63, 3.8) is 0 Å². The predicted octanol–water partition coefficient (Wildman–Crippen LogP) is 7.56. The summed E-state index contributed by atoms with van der Waals surface area (Å²) in [6.45, 7) is 2.50. The van der Waals surface area contributed by atoms with Crippen molar-refractivity contribution in [1.82, 2.24) is 4.98 Å². The second-order valence-corrected chi connectivity index (χ2v) is 10.6. The Labute approximate surface area is 233 Å². The lowest BCUT2D eigenvalue weighted by molar-refractivity contribution is -0.115. The monoisotopic (exact) mass is 557 g/mol. The molecule has 5 rings (SSSR count). The number of benzene rings is 4. The van der Waals surface area contributed by atoms with Crippen molar-refractivity contribution in [1.29, 1.82) is 0 Å². The lowest BCUT2D eigenvalue weighted by Gasteiger charge is -2.16. The van der Waals surface area contributed by atoms with Crippen LogP contribution in [0.4, 0.5) is 15.2 Å². The Balaban J connectivity index is 1.32. The number of anilines is 2. The molecule has 0 saturated heterocycles. The second-order valence-electron chi connectivity index (χ2n) is 8.44. The number of ether oxygens (including phenoxy) is 1. The molecule has 1 unspecified atom stereocenters. The first-order valence-electron chi connectivity index (χ1n) is 12.2. The van der Waals surface area contributed by atoms with Gasteiger partial charge >= 0.3 is 0 Å². The molecule has 1 atom stereocenters. The number of thioether (sulfide) groups is 1. The normalized spacial score (nSPS) is 11.6. The van der Waals surface area contributed by atoms with E-state index in [1.807, 2.05) is 67.6 Å². The fraction of sp³-hybridized carbons (Fsp3) is 0.100. The molecule has 5 aromatic rings. The van der Waals surface area contributed by atoms with E-state index in [0.717, 1.165) is 26.4 Å². The van der Waals surface area contributed by atoms with Gasteiger partial charge in [0.2, 0.25) is 5.91 Å². The SMILES string of the molecule is CCOc1ccc2nc(NC(=O)C(Sc3ccc(NC(=O)c4ccccc4F)cc3)c3ccccc3)sc2c1. The summed E-state index contributed by atoms with van der Waals surface area (Å²) in [4.78, 5) is 31.3. The van der Waals surface area contributed by atoms with E-state index in [1.165, 1.54) is 41.3 Å². The zero-order valence-corrected chi connectivity index (χ0v) is 22.5. The van der Waals surface area contributed by atoms with Gasteiger partial charge in [-0.05, 0) is 67.1 Å². The van der Waals surface area contributed by atoms with Crippen LogP contribution in [0.1, 0.15) is 28.1 Å². The van der Waals surface area contributed by atoms with E-state index in [4.69, 9.17) is 4.74 Å². The molecule has 4 aromatic carbocycles. The fourth-order valence-electron chi connectivity index (χ4n) is 3.88. The van der Waals surface area contributed by atoms with Crippen LogP contribution < -0.4 is 15.4 Å². The molecule has 9 heteroatoms. The number of nitrogens with zero attached hydrogens (tertiary/aromatic N) is 1. The van der Waals surface area contributed by atoms with Crippen LogP contribution in [0.2, 0.25) is 0 Å². The second kappa shape index (κ2) is 12.1. The van der Waals surface area contributed by atoms with Crippen LogP contribution in [0.5, 0.6) is 5.75 Å². The first-order valence-corrected chi connectivity index (χ1v) is 13.9. The quantitative estimate of drug-likeness (QED) is 0.183. The highest BCUT2D eigenvalue weighted by atomic mass is 32.2. The highest BCUT2D eigenvalue weighted by molar-refractivity contribution is 8.00. The summed E-state index contributed by atoms with van der Waals surface area (Å²) < 4.78 is 20.4. The Morgan fingerprint density at radius 3 is 2.44 bits per heavy atom. The van der Waals surface area contributed by atoms with Crippen LogP contribution in [-0.2, 0) is 4.79 Å². The number of rotatable bonds is 9. The van der Waals surface area contributed by atoms with E-state index < -0.39 is 17.0 Å². The van der Waals surface area contributed by atoms with Crippen LogP contribution >= 0.6 is 23.1 Å². The number of aromatic nitrogens is 1. The summed E-state index contributed by atoms with van der Waals surface area (Å²) in [5, 5.41) is 5.65. The molecule has 39 heavy (non-hydrogen) atoms. The van der Waals surface area contributed by atoms with Gasteiger partial charge in [0.25, 0.3) is 5.91 Å². The van der Waals surface area contributed by atoms with Crippen LogP contribution in [0.3, 0.4) is 0 Å². The topological polar surface area (TPSA) is 80.3 Å². The Morgan fingerprint density at radius 1 is 0.949 bits per heavy atom. The molecule has 2 amide bonds. The third-order valence-electron chi connectivity index (χ3n) is 5.73. The standard InChI is InChI=1S/C30H24FN3O3S2/c1-2-37-21-14-17-25-26(18-21)39-30(33-25)34-29(36)27(19-8-4-3-5-9-19)38-22-15-12-20(13-16-22)32-28(35)23-10-6-7-11-24(23)31/h3-18,27H,2H2,1H3,(H,32,35)(H,33,34,36). The number of hydrogen-bond acceptors (Lipinski definition) is 6. The number of fused-ring (bicyclic) bond motifs is 1. The number of carbonyl (C=O) groups is 2. The van der Waals surface area contributed by atoms with Crippen molar-refractivity contribution >= 4 is 55.9 Å². The highest BCUT2D eigenvalue weighted by Gasteiger charge is 2.23. The summed E-state index contributed by atoms with van der Waals surface area (Å²) in [7, 11) is 0. The summed E-state index contributed by atoms with van der Waals surface area (Å²) in [5.74, 6) is -0.550. The maximum absolute atomic E-state index is 13.9. The zero-order valence-electron chi connectivity index (χ0n) is 20.9. The van der Waals surface area contributed by atoms with Gasteiger partial charge in [0.15, 0.2) is 5.13 Å². The molecule has 0 aliphatic carbocycles. The van der Waals surface area contributed by atoms with Crippen molar-refractivity contribution in [2.45, 2.75) is 17.1 Å². The smallest absolute Gasteiger partial charge is 0.258 e. The van der Waals surface area contributed by atoms with Crippen molar-refractivity contribution < 1.29 is 18.7 Å². The molecular formula is C30H24FN3O3S2. The van der Waals surface area contributed by atoms with Crippen molar-refractivity contribution in [3.8, 4) is 5.75 Å². The fourth-order valence-corrected chi connectivity index (χ4v) is 5.81. The van der Waals surface area contributed by atoms with Crippen LogP contribution in [0, 0.1) is 5.82 Å². The molecule has 0 aliphatic heterocycles. The molecule has 0 bridgehead atoms. The third-order valence-corrected chi connectivity index (χ3v) is 7.93. The zero-order chi connectivity index (χ0) is 27.2. The number of amides is 2. The number of hydrogen-bond donors (Lipinski definition) is 2. The Hall–Kier alpha value is -4.21. The minimum Gasteiger partial charge on any atom is -0.494 e. The minimum atomic E-state index is -0.582. The Bertz CT molecular complexity index is 1610. The average molecular weight is 558 g/mol. The van der Waals surface area contributed by atoms with Gasteiger partial charge in [-0.25, -0.2) is 9.37 Å². The van der Waals surface area contributed by atoms with Gasteiger partial charge in [-0.3, -0.25) is 9.59 Å². The molecule has 2 N–H and O–H groups in total. The number of carbonyl (C=O) groups excluding carboxylic acids is 2. The summed E-state index contributed by atoms with van der Waals surface area (Å²) >= 11 is 2.78. The van der Waals surface area contributed by atoms with Crippen LogP contribution in [0.15, 0.2) is 102 Å². The number of halogens is 1. The van der Waals surface area contributed by atoms with Gasteiger partial charge in [0.05, 0.1) is 22.4 Å². The molecule has 1 aromatic heterocycles. The molecular weight excluding hydrogens is 533 g/mol. The van der Waals surface area contributed by atoms with Crippen LogP contribution in [0.25, 0.3) is 10.2 Å². The average Bonchev–Trinajstić information content (AvgIpc) is 3.35. The number of nitrogens with one attached hydrogen (secondary N) is 2. The minimum absolute atomic E-state index is 0.0271. The van der Waals surface area contributed by atoms with E-state index in [2.05, 4.69) is 15.6 Å². The van der Waals surface area contributed by atoms with E-state index >= 15 is 0 Å². The molecule has 0 fully saturated rings. The Kier molecular flexibility index (Phi) is 8.19. The van der Waals surface area contributed by atoms with E-state index in [9.17, 15) is 14.0 Å². The first-order chi connectivity index (χ1) is 19.0.